The number of nitrogens with zero attached hydrogens (tertiary/aromatic N) is 1. The van der Waals surface area contributed by atoms with Crippen LogP contribution in [0.4, 0.5) is 0 Å². The Labute approximate surface area is 77.5 Å². The van der Waals surface area contributed by atoms with Crippen LogP contribution in [0.25, 0.3) is 0 Å². The van der Waals surface area contributed by atoms with Crippen molar-refractivity contribution < 1.29 is 9.47 Å². The molecular formula is C10H11NO2. The molecule has 0 amide bonds. The first-order valence-electron chi connectivity index (χ1n) is 4.00. The second-order valence-electron chi connectivity index (χ2n) is 2.63. The van der Waals surface area contributed by atoms with Crippen LogP contribution in [0.3, 0.4) is 0 Å². The van der Waals surface area contributed by atoms with E-state index in [4.69, 9.17) is 11.2 Å². The van der Waals surface area contributed by atoms with Gasteiger partial charge in [0.1, 0.15) is 0 Å². The van der Waals surface area contributed by atoms with Crippen molar-refractivity contribution in [2.45, 2.75) is 13.3 Å². The van der Waals surface area contributed by atoms with E-state index in [1.807, 2.05) is 0 Å². The van der Waals surface area contributed by atoms with E-state index < -0.39 is 0 Å². The maximum Gasteiger partial charge on any atom is 0.222 e. The summed E-state index contributed by atoms with van der Waals surface area (Å²) in [4.78, 5) is 0. The molecule has 0 aromatic carbocycles. The van der Waals surface area contributed by atoms with Gasteiger partial charge in [-0.05, 0) is 6.07 Å². The second-order valence-corrected chi connectivity index (χ2v) is 2.63. The fourth-order valence-corrected chi connectivity index (χ4v) is 0.850. The molecule has 0 unspecified atom stereocenters. The summed E-state index contributed by atoms with van der Waals surface area (Å²) in [5.74, 6) is 3.01. The monoisotopic (exact) mass is 177 g/mol. The number of pyridine rings is 1. The van der Waals surface area contributed by atoms with Crippen LogP contribution >= 0.6 is 0 Å². The molecule has 3 heteroatoms. The van der Waals surface area contributed by atoms with Gasteiger partial charge in [-0.25, -0.2) is 0 Å². The summed E-state index contributed by atoms with van der Waals surface area (Å²) in [7, 11) is 0. The summed E-state index contributed by atoms with van der Waals surface area (Å²) in [5, 5.41) is 11.1. The molecule has 0 saturated carbocycles. The van der Waals surface area contributed by atoms with Gasteiger partial charge in [-0.2, -0.15) is 4.73 Å². The lowest BCUT2D eigenvalue weighted by Gasteiger charge is -2.04. The van der Waals surface area contributed by atoms with Crippen LogP contribution in [0.2, 0.25) is 0 Å². The van der Waals surface area contributed by atoms with Crippen LogP contribution in [0.5, 0.6) is 5.75 Å². The molecule has 1 rings (SSSR count). The van der Waals surface area contributed by atoms with Gasteiger partial charge in [0.15, 0.2) is 11.4 Å². The van der Waals surface area contributed by atoms with E-state index >= 15 is 0 Å². The molecule has 1 aromatic heterocycles. The predicted molar refractivity (Wildman–Crippen MR) is 49.1 cm³/mol. The molecule has 0 fully saturated rings. The van der Waals surface area contributed by atoms with E-state index in [1.54, 1.807) is 19.1 Å². The van der Waals surface area contributed by atoms with Crippen molar-refractivity contribution in [2.75, 3.05) is 6.61 Å². The van der Waals surface area contributed by atoms with Crippen molar-refractivity contribution in [1.29, 1.82) is 0 Å². The Balaban J connectivity index is 2.59. The first kappa shape index (κ1) is 9.40. The van der Waals surface area contributed by atoms with E-state index in [-0.39, 0.29) is 0 Å². The molecule has 13 heavy (non-hydrogen) atoms. The summed E-state index contributed by atoms with van der Waals surface area (Å²) < 4.78 is 5.99. The van der Waals surface area contributed by atoms with E-state index in [2.05, 4.69) is 5.92 Å². The molecule has 0 spiro atoms. The zero-order chi connectivity index (χ0) is 9.68. The van der Waals surface area contributed by atoms with Gasteiger partial charge in [-0.15, -0.1) is 12.3 Å². The molecule has 0 radical (unpaired) electrons. The second kappa shape index (κ2) is 4.36. The molecule has 1 aromatic rings. The minimum Gasteiger partial charge on any atom is -0.618 e. The lowest BCUT2D eigenvalue weighted by Crippen LogP contribution is -2.29. The van der Waals surface area contributed by atoms with Crippen LogP contribution in [0, 0.1) is 24.5 Å². The van der Waals surface area contributed by atoms with Crippen molar-refractivity contribution >= 4 is 0 Å². The Bertz CT molecular complexity index is 328. The highest BCUT2D eigenvalue weighted by Gasteiger charge is 2.01. The number of aryl methyl sites for hydroxylation is 1. The third-order valence-corrected chi connectivity index (χ3v) is 1.60. The number of ether oxygens (including phenoxy) is 1. The fraction of sp³-hybridized carbons (Fsp3) is 0.300. The Morgan fingerprint density at radius 1 is 1.62 bits per heavy atom. The summed E-state index contributed by atoms with van der Waals surface area (Å²) in [6, 6.07) is 3.46. The minimum atomic E-state index is 0.444. The molecular weight excluding hydrogens is 166 g/mol. The average Bonchev–Trinajstić information content (AvgIpc) is 2.12. The number of aromatic nitrogens is 1. The normalized spacial score (nSPS) is 9.23. The van der Waals surface area contributed by atoms with Crippen LogP contribution < -0.4 is 9.47 Å². The minimum absolute atomic E-state index is 0.444. The van der Waals surface area contributed by atoms with Crippen molar-refractivity contribution in [2.24, 2.45) is 0 Å². The smallest absolute Gasteiger partial charge is 0.222 e. The number of rotatable bonds is 3. The van der Waals surface area contributed by atoms with Crippen molar-refractivity contribution in [3.05, 3.63) is 29.2 Å². The molecule has 0 aliphatic carbocycles. The van der Waals surface area contributed by atoms with Crippen molar-refractivity contribution in [1.82, 2.24) is 0 Å². The third-order valence-electron chi connectivity index (χ3n) is 1.60. The number of hydrogen-bond donors (Lipinski definition) is 0. The van der Waals surface area contributed by atoms with Gasteiger partial charge in [0, 0.05) is 19.4 Å². The Morgan fingerprint density at radius 2 is 2.38 bits per heavy atom. The molecule has 0 atom stereocenters. The van der Waals surface area contributed by atoms with Crippen molar-refractivity contribution in [3.8, 4) is 18.1 Å². The van der Waals surface area contributed by atoms with Crippen LogP contribution in [0.15, 0.2) is 18.3 Å². The zero-order valence-electron chi connectivity index (χ0n) is 7.49. The molecule has 1 heterocycles. The summed E-state index contributed by atoms with van der Waals surface area (Å²) in [6.07, 6.45) is 6.99. The topological polar surface area (TPSA) is 36.2 Å². The van der Waals surface area contributed by atoms with Gasteiger partial charge in [0.2, 0.25) is 6.20 Å². The van der Waals surface area contributed by atoms with Gasteiger partial charge >= 0.3 is 0 Å². The van der Waals surface area contributed by atoms with Gasteiger partial charge < -0.3 is 9.94 Å². The fourth-order valence-electron chi connectivity index (χ4n) is 0.850. The van der Waals surface area contributed by atoms with Crippen LogP contribution in [0.1, 0.15) is 12.1 Å². The average molecular weight is 177 g/mol. The maximum absolute atomic E-state index is 11.1. The molecule has 3 nitrogen and oxygen atoms in total. The number of hydrogen-bond acceptors (Lipinski definition) is 2. The quantitative estimate of drug-likeness (QED) is 0.299. The molecule has 0 saturated heterocycles. The van der Waals surface area contributed by atoms with Gasteiger partial charge in [0.25, 0.3) is 0 Å². The van der Waals surface area contributed by atoms with Gasteiger partial charge in [-0.1, -0.05) is 0 Å². The van der Waals surface area contributed by atoms with Crippen LogP contribution in [-0.2, 0) is 0 Å². The van der Waals surface area contributed by atoms with E-state index in [0.29, 0.717) is 24.5 Å². The highest BCUT2D eigenvalue weighted by atomic mass is 16.5. The number of terminal acetylenes is 1. The van der Waals surface area contributed by atoms with Gasteiger partial charge in [0.05, 0.1) is 6.61 Å². The maximum atomic E-state index is 11.1. The Morgan fingerprint density at radius 3 is 3.00 bits per heavy atom. The molecule has 0 aliphatic rings. The third kappa shape index (κ3) is 2.68. The Kier molecular flexibility index (Phi) is 3.15. The summed E-state index contributed by atoms with van der Waals surface area (Å²) in [5.41, 5.74) is 0.643. The summed E-state index contributed by atoms with van der Waals surface area (Å²) >= 11 is 0. The predicted octanol–water partition coefficient (Wildman–Crippen LogP) is 1.03. The zero-order valence-corrected chi connectivity index (χ0v) is 7.49. The standard InChI is InChI=1S/C10H11NO2/c1-3-4-7-13-10-6-5-9(2)11(12)8-10/h1,5-6,8H,4,7H2,2H3. The highest BCUT2D eigenvalue weighted by Crippen LogP contribution is 2.07. The SMILES string of the molecule is C#CCCOc1ccc(C)[n+]([O-])c1. The van der Waals surface area contributed by atoms with Gasteiger partial charge in [-0.3, -0.25) is 0 Å². The molecule has 0 bridgehead atoms. The lowest BCUT2D eigenvalue weighted by atomic mass is 10.4. The summed E-state index contributed by atoms with van der Waals surface area (Å²) in [6.45, 7) is 2.18. The molecule has 68 valence electrons. The van der Waals surface area contributed by atoms with Crippen molar-refractivity contribution in [3.63, 3.8) is 0 Å². The first-order chi connectivity index (χ1) is 6.24. The lowest BCUT2D eigenvalue weighted by molar-refractivity contribution is -0.612. The van der Waals surface area contributed by atoms with E-state index in [1.165, 1.54) is 6.20 Å². The largest absolute Gasteiger partial charge is 0.618 e. The highest BCUT2D eigenvalue weighted by molar-refractivity contribution is 5.15. The Hall–Kier alpha value is -1.69. The molecule has 0 N–H and O–H groups in total. The first-order valence-corrected chi connectivity index (χ1v) is 4.00. The van der Waals surface area contributed by atoms with E-state index in [0.717, 1.165) is 4.73 Å². The molecule has 0 aliphatic heterocycles. The van der Waals surface area contributed by atoms with E-state index in [9.17, 15) is 5.21 Å². The van der Waals surface area contributed by atoms with Crippen LogP contribution in [-0.4, -0.2) is 6.61 Å².